The van der Waals surface area contributed by atoms with E-state index in [-0.39, 0.29) is 23.9 Å². The van der Waals surface area contributed by atoms with Crippen molar-refractivity contribution in [2.75, 3.05) is 13.1 Å². The molecule has 0 fully saturated rings. The molecule has 0 aliphatic rings. The highest BCUT2D eigenvalue weighted by Crippen LogP contribution is 2.04. The van der Waals surface area contributed by atoms with Crippen molar-refractivity contribution in [3.05, 3.63) is 71.8 Å². The predicted octanol–water partition coefficient (Wildman–Crippen LogP) is 1.14. The second-order valence-electron chi connectivity index (χ2n) is 6.90. The van der Waals surface area contributed by atoms with Crippen LogP contribution in [0.4, 0.5) is 0 Å². The number of hydrogen-bond acceptors (Lipinski definition) is 4. The van der Waals surface area contributed by atoms with Gasteiger partial charge in [-0.15, -0.1) is 0 Å². The van der Waals surface area contributed by atoms with E-state index in [9.17, 15) is 9.59 Å². The van der Waals surface area contributed by atoms with Gasteiger partial charge in [-0.3, -0.25) is 9.59 Å². The van der Waals surface area contributed by atoms with Crippen LogP contribution < -0.4 is 22.1 Å². The van der Waals surface area contributed by atoms with Crippen LogP contribution in [0.3, 0.4) is 0 Å². The molecule has 0 spiro atoms. The van der Waals surface area contributed by atoms with E-state index >= 15 is 0 Å². The molecule has 150 valence electrons. The summed E-state index contributed by atoms with van der Waals surface area (Å²) in [6, 6.07) is 18.9. The number of rotatable bonds is 13. The molecule has 6 heteroatoms. The first kappa shape index (κ1) is 21.6. The molecule has 0 radical (unpaired) electrons. The van der Waals surface area contributed by atoms with Crippen molar-refractivity contribution in [1.29, 1.82) is 0 Å². The number of amides is 2. The van der Waals surface area contributed by atoms with Crippen LogP contribution >= 0.6 is 0 Å². The van der Waals surface area contributed by atoms with E-state index < -0.39 is 0 Å². The molecule has 2 amide bonds. The van der Waals surface area contributed by atoms with Crippen LogP contribution in [0, 0.1) is 0 Å². The molecule has 0 heterocycles. The predicted molar refractivity (Wildman–Crippen MR) is 111 cm³/mol. The summed E-state index contributed by atoms with van der Waals surface area (Å²) < 4.78 is 0. The summed E-state index contributed by atoms with van der Waals surface area (Å²) in [5.41, 5.74) is 13.2. The van der Waals surface area contributed by atoms with Crippen molar-refractivity contribution in [1.82, 2.24) is 10.6 Å². The van der Waals surface area contributed by atoms with Gasteiger partial charge < -0.3 is 22.1 Å². The summed E-state index contributed by atoms with van der Waals surface area (Å²) in [5.74, 6) is -0.697. The van der Waals surface area contributed by atoms with Crippen molar-refractivity contribution in [2.24, 2.45) is 11.5 Å². The number of carbonyl (C=O) groups is 2. The second-order valence-corrected chi connectivity index (χ2v) is 6.90. The largest absolute Gasteiger partial charge is 0.368 e. The van der Waals surface area contributed by atoms with Crippen molar-refractivity contribution < 1.29 is 9.59 Å². The van der Waals surface area contributed by atoms with Gasteiger partial charge in [-0.05, 0) is 49.9 Å². The van der Waals surface area contributed by atoms with E-state index in [1.807, 2.05) is 60.7 Å². The molecule has 0 aliphatic heterocycles. The first-order chi connectivity index (χ1) is 13.6. The lowest BCUT2D eigenvalue weighted by Gasteiger charge is -2.17. The molecule has 2 aromatic rings. The smallest absolute Gasteiger partial charge is 0.234 e. The first-order valence-electron chi connectivity index (χ1n) is 9.69. The number of primary amides is 2. The zero-order chi connectivity index (χ0) is 20.2. The van der Waals surface area contributed by atoms with Crippen LogP contribution in [-0.4, -0.2) is 37.0 Å². The van der Waals surface area contributed by atoms with Gasteiger partial charge in [-0.2, -0.15) is 0 Å². The van der Waals surface area contributed by atoms with Gasteiger partial charge >= 0.3 is 0 Å². The van der Waals surface area contributed by atoms with Crippen LogP contribution in [0.25, 0.3) is 0 Å². The lowest BCUT2D eigenvalue weighted by atomic mass is 10.0. The lowest BCUT2D eigenvalue weighted by Crippen LogP contribution is -2.44. The van der Waals surface area contributed by atoms with E-state index in [2.05, 4.69) is 10.6 Å². The minimum absolute atomic E-state index is 0.348. The Kier molecular flexibility index (Phi) is 9.18. The summed E-state index contributed by atoms with van der Waals surface area (Å²) >= 11 is 0. The molecule has 2 aromatic carbocycles. The molecule has 28 heavy (non-hydrogen) atoms. The third kappa shape index (κ3) is 7.90. The van der Waals surface area contributed by atoms with Gasteiger partial charge in [0.1, 0.15) is 0 Å². The number of nitrogens with two attached hydrogens (primary N) is 2. The minimum Gasteiger partial charge on any atom is -0.368 e. The monoisotopic (exact) mass is 382 g/mol. The van der Waals surface area contributed by atoms with E-state index in [0.717, 1.165) is 24.0 Å². The third-order valence-electron chi connectivity index (χ3n) is 4.64. The topological polar surface area (TPSA) is 110 Å². The highest BCUT2D eigenvalue weighted by atomic mass is 16.1. The summed E-state index contributed by atoms with van der Waals surface area (Å²) in [5, 5.41) is 6.45. The summed E-state index contributed by atoms with van der Waals surface area (Å²) in [7, 11) is 0. The Hall–Kier alpha value is -2.70. The number of hydrogen-bond donors (Lipinski definition) is 4. The van der Waals surface area contributed by atoms with Crippen molar-refractivity contribution >= 4 is 11.8 Å². The van der Waals surface area contributed by atoms with Gasteiger partial charge in [0.15, 0.2) is 0 Å². The number of carbonyl (C=O) groups excluding carboxylic acids is 2. The molecule has 6 nitrogen and oxygen atoms in total. The number of nitrogens with one attached hydrogen (secondary N) is 2. The summed E-state index contributed by atoms with van der Waals surface area (Å²) in [6.07, 6.45) is 2.88. The van der Waals surface area contributed by atoms with Crippen molar-refractivity contribution in [3.8, 4) is 0 Å². The molecule has 0 saturated carbocycles. The molecule has 0 bridgehead atoms. The molecule has 0 unspecified atom stereocenters. The zero-order valence-corrected chi connectivity index (χ0v) is 16.1. The molecular formula is C22H30N4O2. The van der Waals surface area contributed by atoms with Gasteiger partial charge in [0.05, 0.1) is 12.1 Å². The van der Waals surface area contributed by atoms with Crippen LogP contribution in [0.15, 0.2) is 60.7 Å². The lowest BCUT2D eigenvalue weighted by molar-refractivity contribution is -0.120. The molecule has 2 atom stereocenters. The molecule has 0 aliphatic carbocycles. The Labute approximate surface area is 166 Å². The molecular weight excluding hydrogens is 352 g/mol. The average molecular weight is 383 g/mol. The highest BCUT2D eigenvalue weighted by molar-refractivity contribution is 5.80. The van der Waals surface area contributed by atoms with Gasteiger partial charge in [0, 0.05) is 0 Å². The Morgan fingerprint density at radius 2 is 1.04 bits per heavy atom. The van der Waals surface area contributed by atoms with Crippen LogP contribution in [0.1, 0.15) is 24.0 Å². The summed E-state index contributed by atoms with van der Waals surface area (Å²) in [6.45, 7) is 1.37. The number of unbranched alkanes of at least 4 members (excludes halogenated alkanes) is 1. The van der Waals surface area contributed by atoms with Crippen molar-refractivity contribution in [2.45, 2.75) is 37.8 Å². The Balaban J connectivity index is 1.67. The van der Waals surface area contributed by atoms with Crippen LogP contribution in [0.5, 0.6) is 0 Å². The summed E-state index contributed by atoms with van der Waals surface area (Å²) in [4.78, 5) is 23.3. The van der Waals surface area contributed by atoms with Crippen LogP contribution in [0.2, 0.25) is 0 Å². The molecule has 6 N–H and O–H groups in total. The van der Waals surface area contributed by atoms with Gasteiger partial charge in [0.25, 0.3) is 0 Å². The SMILES string of the molecule is NC(=O)[C@H](Cc1ccccc1)NCCCCN[C@@H](Cc1ccccc1)C(N)=O. The quantitative estimate of drug-likeness (QED) is 0.389. The van der Waals surface area contributed by atoms with E-state index in [4.69, 9.17) is 11.5 Å². The van der Waals surface area contributed by atoms with Crippen LogP contribution in [-0.2, 0) is 22.4 Å². The molecule has 0 saturated heterocycles. The first-order valence-corrected chi connectivity index (χ1v) is 9.69. The third-order valence-corrected chi connectivity index (χ3v) is 4.64. The maximum atomic E-state index is 11.7. The van der Waals surface area contributed by atoms with Gasteiger partial charge in [-0.1, -0.05) is 60.7 Å². The molecule has 0 aromatic heterocycles. The van der Waals surface area contributed by atoms with Gasteiger partial charge in [0.2, 0.25) is 11.8 Å². The minimum atomic E-state index is -0.383. The zero-order valence-electron chi connectivity index (χ0n) is 16.1. The van der Waals surface area contributed by atoms with Gasteiger partial charge in [-0.25, -0.2) is 0 Å². The Morgan fingerprint density at radius 3 is 1.36 bits per heavy atom. The fourth-order valence-electron chi connectivity index (χ4n) is 3.05. The van der Waals surface area contributed by atoms with E-state index in [1.54, 1.807) is 0 Å². The fourth-order valence-corrected chi connectivity index (χ4v) is 3.05. The van der Waals surface area contributed by atoms with E-state index in [0.29, 0.717) is 25.9 Å². The maximum Gasteiger partial charge on any atom is 0.234 e. The highest BCUT2D eigenvalue weighted by Gasteiger charge is 2.16. The second kappa shape index (κ2) is 11.9. The number of benzene rings is 2. The fraction of sp³-hybridized carbons (Fsp3) is 0.364. The standard InChI is InChI=1S/C22H30N4O2/c23-21(27)19(15-17-9-3-1-4-10-17)25-13-7-8-14-26-20(22(24)28)16-18-11-5-2-6-12-18/h1-6,9-12,19-20,25-26H,7-8,13-16H2,(H2,23,27)(H2,24,28)/t19-,20-/m0/s1. The Morgan fingerprint density at radius 1 is 0.679 bits per heavy atom. The normalized spacial score (nSPS) is 13.0. The average Bonchev–Trinajstić information content (AvgIpc) is 2.70. The Bertz CT molecular complexity index is 658. The maximum absolute atomic E-state index is 11.7. The molecule has 2 rings (SSSR count). The van der Waals surface area contributed by atoms with E-state index in [1.165, 1.54) is 0 Å². The van der Waals surface area contributed by atoms with Crippen molar-refractivity contribution in [3.63, 3.8) is 0 Å².